The fourth-order valence-corrected chi connectivity index (χ4v) is 0.246. The van der Waals surface area contributed by atoms with Gasteiger partial charge in [-0.25, -0.2) is 0 Å². The fraction of sp³-hybridized carbons (Fsp3) is 0.500. The predicted octanol–water partition coefficient (Wildman–Crippen LogP) is 1.92. The molecule has 0 aromatic carbocycles. The predicted molar refractivity (Wildman–Crippen MR) is 33.9 cm³/mol. The Morgan fingerprint density at radius 1 is 1.75 bits per heavy atom. The second-order valence-corrected chi connectivity index (χ2v) is 1.45. The Kier molecular flexibility index (Phi) is 3.94. The second kappa shape index (κ2) is 4.37. The van der Waals surface area contributed by atoms with Crippen LogP contribution in [0.15, 0.2) is 12.3 Å². The summed E-state index contributed by atoms with van der Waals surface area (Å²) in [6.45, 7) is 3.61. The lowest BCUT2D eigenvalue weighted by Crippen LogP contribution is -1.87. The van der Waals surface area contributed by atoms with Crippen LogP contribution in [0.5, 0.6) is 0 Å². The minimum atomic E-state index is 0.231. The number of allylic oxidation sites excluding steroid dienone is 1. The van der Waals surface area contributed by atoms with E-state index in [1.165, 1.54) is 6.26 Å². The maximum Gasteiger partial charge on any atom is 0.183 e. The van der Waals surface area contributed by atoms with Crippen molar-refractivity contribution in [1.82, 2.24) is 0 Å². The first kappa shape index (κ1) is 7.21. The molecule has 0 radical (unpaired) electrons. The molecule has 8 heavy (non-hydrogen) atoms. The van der Waals surface area contributed by atoms with Gasteiger partial charge in [-0.05, 0) is 12.5 Å². The Morgan fingerprint density at radius 2 is 2.38 bits per heavy atom. The van der Waals surface area contributed by atoms with E-state index in [1.54, 1.807) is 6.92 Å². The summed E-state index contributed by atoms with van der Waals surface area (Å²) in [4.78, 5) is 0. The molecule has 0 amide bonds. The van der Waals surface area contributed by atoms with E-state index in [4.69, 9.17) is 5.41 Å². The second-order valence-electron chi connectivity index (χ2n) is 1.45. The molecule has 0 heterocycles. The molecule has 1 N–H and O–H groups in total. The zero-order valence-corrected chi connectivity index (χ0v) is 5.27. The van der Waals surface area contributed by atoms with Crippen LogP contribution < -0.4 is 0 Å². The highest BCUT2D eigenvalue weighted by Crippen LogP contribution is 1.81. The molecule has 0 atom stereocenters. The van der Waals surface area contributed by atoms with Gasteiger partial charge in [-0.2, -0.15) is 0 Å². The van der Waals surface area contributed by atoms with Crippen molar-refractivity contribution >= 4 is 5.90 Å². The largest absolute Gasteiger partial charge is 0.452 e. The number of rotatable bonds is 2. The van der Waals surface area contributed by atoms with Crippen LogP contribution in [0.1, 0.15) is 20.3 Å². The monoisotopic (exact) mass is 113 g/mol. The highest BCUT2D eigenvalue weighted by Gasteiger charge is 1.76. The molecule has 0 aliphatic carbocycles. The van der Waals surface area contributed by atoms with Crippen molar-refractivity contribution in [3.63, 3.8) is 0 Å². The summed E-state index contributed by atoms with van der Waals surface area (Å²) in [5, 5.41) is 6.80. The van der Waals surface area contributed by atoms with E-state index in [9.17, 15) is 0 Å². The quantitative estimate of drug-likeness (QED) is 0.331. The molecule has 0 aliphatic heterocycles. The van der Waals surface area contributed by atoms with E-state index >= 15 is 0 Å². The molecule has 0 unspecified atom stereocenters. The molecule has 0 aromatic heterocycles. The highest BCUT2D eigenvalue weighted by atomic mass is 16.5. The molecule has 0 bridgehead atoms. The molecule has 46 valence electrons. The number of nitrogens with one attached hydrogen (secondary N) is 1. The average molecular weight is 113 g/mol. The third-order valence-corrected chi connectivity index (χ3v) is 0.577. The van der Waals surface area contributed by atoms with Crippen molar-refractivity contribution in [1.29, 1.82) is 5.41 Å². The van der Waals surface area contributed by atoms with E-state index in [0.29, 0.717) is 0 Å². The first-order valence-corrected chi connectivity index (χ1v) is 2.64. The van der Waals surface area contributed by atoms with Gasteiger partial charge in [0.15, 0.2) is 5.90 Å². The standard InChI is InChI=1S/C6H11NO/c1-3-4-5-8-6(2)7/h4-5,7H,3H2,1-2H3/b5-4-,7-6?. The van der Waals surface area contributed by atoms with Crippen molar-refractivity contribution in [3.8, 4) is 0 Å². The van der Waals surface area contributed by atoms with Gasteiger partial charge < -0.3 is 4.74 Å². The molecule has 2 nitrogen and oxygen atoms in total. The smallest absolute Gasteiger partial charge is 0.183 e. The van der Waals surface area contributed by atoms with Gasteiger partial charge in [0.1, 0.15) is 0 Å². The highest BCUT2D eigenvalue weighted by molar-refractivity contribution is 5.69. The molecule has 0 saturated carbocycles. The normalized spacial score (nSPS) is 9.75. The summed E-state index contributed by atoms with van der Waals surface area (Å²) in [5.41, 5.74) is 0. The number of hydrogen-bond acceptors (Lipinski definition) is 2. The lowest BCUT2D eigenvalue weighted by atomic mass is 10.5. The molecule has 0 spiro atoms. The van der Waals surface area contributed by atoms with Gasteiger partial charge in [-0.3, -0.25) is 5.41 Å². The van der Waals surface area contributed by atoms with E-state index in [2.05, 4.69) is 4.74 Å². The van der Waals surface area contributed by atoms with E-state index in [-0.39, 0.29) is 5.90 Å². The summed E-state index contributed by atoms with van der Waals surface area (Å²) in [6, 6.07) is 0. The zero-order valence-electron chi connectivity index (χ0n) is 5.27. The Hall–Kier alpha value is -0.790. The summed E-state index contributed by atoms with van der Waals surface area (Å²) in [7, 11) is 0. The Labute approximate surface area is 49.7 Å². The maximum absolute atomic E-state index is 6.80. The molecule has 2 heteroatoms. The Bertz CT molecular complexity index is 96.7. The van der Waals surface area contributed by atoms with Crippen LogP contribution in [-0.2, 0) is 4.74 Å². The first-order valence-electron chi connectivity index (χ1n) is 2.64. The first-order chi connectivity index (χ1) is 3.77. The SMILES string of the molecule is CC/C=C\OC(C)=N. The minimum Gasteiger partial charge on any atom is -0.452 e. The van der Waals surface area contributed by atoms with Crippen LogP contribution in [0.25, 0.3) is 0 Å². The summed E-state index contributed by atoms with van der Waals surface area (Å²) >= 11 is 0. The maximum atomic E-state index is 6.80. The molecule has 0 rings (SSSR count). The van der Waals surface area contributed by atoms with Crippen LogP contribution in [0.2, 0.25) is 0 Å². The van der Waals surface area contributed by atoms with Gasteiger partial charge in [0.2, 0.25) is 0 Å². The third kappa shape index (κ3) is 5.21. The average Bonchev–Trinajstić information content (AvgIpc) is 1.66. The van der Waals surface area contributed by atoms with Crippen LogP contribution in [-0.4, -0.2) is 5.90 Å². The van der Waals surface area contributed by atoms with Crippen molar-refractivity contribution in [2.45, 2.75) is 20.3 Å². The van der Waals surface area contributed by atoms with E-state index in [0.717, 1.165) is 6.42 Å². The number of ether oxygens (including phenoxy) is 1. The summed E-state index contributed by atoms with van der Waals surface area (Å²) in [5.74, 6) is 0.231. The van der Waals surface area contributed by atoms with Crippen molar-refractivity contribution in [2.24, 2.45) is 0 Å². The molecular formula is C6H11NO. The minimum absolute atomic E-state index is 0.231. The molecular weight excluding hydrogens is 102 g/mol. The molecule has 0 aromatic rings. The van der Waals surface area contributed by atoms with Crippen LogP contribution in [0.3, 0.4) is 0 Å². The van der Waals surface area contributed by atoms with Gasteiger partial charge in [0.05, 0.1) is 6.26 Å². The van der Waals surface area contributed by atoms with Crippen LogP contribution in [0, 0.1) is 5.41 Å². The Morgan fingerprint density at radius 3 is 2.75 bits per heavy atom. The van der Waals surface area contributed by atoms with Crippen molar-refractivity contribution in [3.05, 3.63) is 12.3 Å². The third-order valence-electron chi connectivity index (χ3n) is 0.577. The van der Waals surface area contributed by atoms with Gasteiger partial charge >= 0.3 is 0 Å². The van der Waals surface area contributed by atoms with Gasteiger partial charge in [-0.1, -0.05) is 6.92 Å². The Balaban J connectivity index is 3.16. The van der Waals surface area contributed by atoms with Gasteiger partial charge in [-0.15, -0.1) is 0 Å². The van der Waals surface area contributed by atoms with Crippen LogP contribution in [0.4, 0.5) is 0 Å². The van der Waals surface area contributed by atoms with Gasteiger partial charge in [0.25, 0.3) is 0 Å². The summed E-state index contributed by atoms with van der Waals surface area (Å²) in [6.07, 6.45) is 4.34. The zero-order chi connectivity index (χ0) is 6.41. The molecule has 0 saturated heterocycles. The van der Waals surface area contributed by atoms with Crippen molar-refractivity contribution in [2.75, 3.05) is 0 Å². The fourth-order valence-electron chi connectivity index (χ4n) is 0.246. The topological polar surface area (TPSA) is 33.1 Å². The lowest BCUT2D eigenvalue weighted by Gasteiger charge is -1.90. The number of hydrogen-bond donors (Lipinski definition) is 1. The lowest BCUT2D eigenvalue weighted by molar-refractivity contribution is 0.462. The van der Waals surface area contributed by atoms with E-state index in [1.807, 2.05) is 13.0 Å². The molecule has 0 fully saturated rings. The van der Waals surface area contributed by atoms with Crippen LogP contribution >= 0.6 is 0 Å². The van der Waals surface area contributed by atoms with Crippen molar-refractivity contribution < 1.29 is 4.74 Å². The molecule has 0 aliphatic rings. The van der Waals surface area contributed by atoms with Gasteiger partial charge in [0, 0.05) is 6.92 Å². The summed E-state index contributed by atoms with van der Waals surface area (Å²) < 4.78 is 4.69. The van der Waals surface area contributed by atoms with E-state index < -0.39 is 0 Å².